The average Bonchev–Trinajstić information content (AvgIpc) is 3.98. The molecule has 0 saturated heterocycles. The summed E-state index contributed by atoms with van der Waals surface area (Å²) in [6, 6.07) is 76.3. The van der Waals surface area contributed by atoms with Crippen molar-refractivity contribution in [2.45, 2.75) is 57.8 Å². The molecule has 67 heavy (non-hydrogen) atoms. The molecule has 0 bridgehead atoms. The standard InChI is InChI=1S/C65H51NS/c1-63(2,3)43-28-33-51-52-34-29-44(64(4,5)6)38-57(52)65(56(51)37-43)55-24-13-11-21-50(55)53-35-32-46(39-58(53)65)66(45-30-26-41(27-31-45)48-23-15-18-40-16-7-9-19-47(40)48)59-36-42-17-8-10-20-49(42)61-54-22-12-14-25-60(54)67-62(59)61/h7-39H,1-6H3. The monoisotopic (exact) mass is 877 g/mol. The molecule has 1 aromatic heterocycles. The number of hydrogen-bond acceptors (Lipinski definition) is 2. The zero-order valence-corrected chi connectivity index (χ0v) is 39.7. The molecule has 10 aromatic carbocycles. The van der Waals surface area contributed by atoms with E-state index >= 15 is 0 Å². The Kier molecular flexibility index (Phi) is 8.59. The molecule has 2 aliphatic rings. The van der Waals surface area contributed by atoms with E-state index in [1.165, 1.54) is 114 Å². The van der Waals surface area contributed by atoms with E-state index in [1.54, 1.807) is 0 Å². The SMILES string of the molecule is CC(C)(C)c1ccc2c(c1)C1(c3ccccc3-c3ccc(N(c4ccc(-c5cccc6ccccc56)cc4)c4cc5ccccc5c5c4sc4ccccc45)cc31)c1cc(C(C)(C)C)ccc1-2. The summed E-state index contributed by atoms with van der Waals surface area (Å²) in [6.07, 6.45) is 0. The van der Waals surface area contributed by atoms with E-state index in [0.717, 1.165) is 11.4 Å². The summed E-state index contributed by atoms with van der Waals surface area (Å²) in [4.78, 5) is 2.56. The van der Waals surface area contributed by atoms with Gasteiger partial charge in [-0.1, -0.05) is 205 Å². The first kappa shape index (κ1) is 40.1. The minimum absolute atomic E-state index is 0.0227. The first-order valence-electron chi connectivity index (χ1n) is 23.7. The van der Waals surface area contributed by atoms with Gasteiger partial charge in [0.2, 0.25) is 0 Å². The topological polar surface area (TPSA) is 3.24 Å². The Hall–Kier alpha value is -7.26. The van der Waals surface area contributed by atoms with Crippen LogP contribution in [0.2, 0.25) is 0 Å². The van der Waals surface area contributed by atoms with Crippen LogP contribution in [0.5, 0.6) is 0 Å². The zero-order valence-electron chi connectivity index (χ0n) is 38.9. The molecule has 1 spiro atoms. The molecule has 0 saturated carbocycles. The van der Waals surface area contributed by atoms with Crippen LogP contribution in [0.1, 0.15) is 74.9 Å². The third kappa shape index (κ3) is 5.85. The number of benzene rings is 10. The van der Waals surface area contributed by atoms with E-state index in [0.29, 0.717) is 0 Å². The first-order chi connectivity index (χ1) is 32.5. The van der Waals surface area contributed by atoms with Gasteiger partial charge >= 0.3 is 0 Å². The van der Waals surface area contributed by atoms with Gasteiger partial charge in [-0.2, -0.15) is 0 Å². The lowest BCUT2D eigenvalue weighted by Gasteiger charge is -2.34. The number of anilines is 3. The molecule has 0 fully saturated rings. The van der Waals surface area contributed by atoms with E-state index in [2.05, 4.69) is 247 Å². The van der Waals surface area contributed by atoms with Crippen molar-refractivity contribution in [2.24, 2.45) is 0 Å². The first-order valence-corrected chi connectivity index (χ1v) is 24.6. The minimum Gasteiger partial charge on any atom is -0.309 e. The van der Waals surface area contributed by atoms with Crippen LogP contribution in [0.4, 0.5) is 17.1 Å². The number of rotatable bonds is 4. The molecule has 0 atom stereocenters. The Labute approximate surface area is 397 Å². The lowest BCUT2D eigenvalue weighted by atomic mass is 9.68. The maximum atomic E-state index is 2.56. The predicted octanol–water partition coefficient (Wildman–Crippen LogP) is 18.4. The van der Waals surface area contributed by atoms with Crippen LogP contribution in [0.3, 0.4) is 0 Å². The molecule has 0 radical (unpaired) electrons. The van der Waals surface area contributed by atoms with E-state index in [1.807, 2.05) is 11.3 Å². The van der Waals surface area contributed by atoms with Crippen molar-refractivity contribution in [3.63, 3.8) is 0 Å². The minimum atomic E-state index is -0.519. The fourth-order valence-electron chi connectivity index (χ4n) is 11.7. The summed E-state index contributed by atoms with van der Waals surface area (Å²) < 4.78 is 2.59. The largest absolute Gasteiger partial charge is 0.309 e. The fraction of sp³-hybridized carbons (Fsp3) is 0.138. The molecule has 0 N–H and O–H groups in total. The maximum absolute atomic E-state index is 2.56. The predicted molar refractivity (Wildman–Crippen MR) is 288 cm³/mol. The number of nitrogens with zero attached hydrogens (tertiary/aromatic N) is 1. The summed E-state index contributed by atoms with van der Waals surface area (Å²) in [5.74, 6) is 0. The highest BCUT2D eigenvalue weighted by Crippen LogP contribution is 2.64. The van der Waals surface area contributed by atoms with Crippen molar-refractivity contribution in [1.29, 1.82) is 0 Å². The van der Waals surface area contributed by atoms with Crippen LogP contribution in [0.15, 0.2) is 200 Å². The Morgan fingerprint density at radius 3 is 1.61 bits per heavy atom. The van der Waals surface area contributed by atoms with Gasteiger partial charge in [-0.15, -0.1) is 11.3 Å². The summed E-state index contributed by atoms with van der Waals surface area (Å²) in [5, 5.41) is 7.66. The third-order valence-corrected chi connectivity index (χ3v) is 16.2. The van der Waals surface area contributed by atoms with Crippen LogP contribution in [0.25, 0.3) is 75.1 Å². The second-order valence-corrected chi connectivity index (χ2v) is 21.9. The second-order valence-electron chi connectivity index (χ2n) is 20.9. The summed E-state index contributed by atoms with van der Waals surface area (Å²) in [5.41, 5.74) is 18.8. The molecular weight excluding hydrogens is 827 g/mol. The van der Waals surface area contributed by atoms with Crippen molar-refractivity contribution in [3.05, 3.63) is 234 Å². The van der Waals surface area contributed by atoms with Crippen LogP contribution >= 0.6 is 11.3 Å². The Morgan fingerprint density at radius 2 is 0.910 bits per heavy atom. The van der Waals surface area contributed by atoms with E-state index in [9.17, 15) is 0 Å². The summed E-state index contributed by atoms with van der Waals surface area (Å²) in [7, 11) is 0. The van der Waals surface area contributed by atoms with Crippen LogP contribution in [0, 0.1) is 0 Å². The molecule has 322 valence electrons. The van der Waals surface area contributed by atoms with E-state index in [-0.39, 0.29) is 10.8 Å². The molecular formula is C65H51NS. The molecule has 2 aliphatic carbocycles. The van der Waals surface area contributed by atoms with Gasteiger partial charge < -0.3 is 4.90 Å². The van der Waals surface area contributed by atoms with Crippen molar-refractivity contribution in [3.8, 4) is 33.4 Å². The second kappa shape index (κ2) is 14.4. The van der Waals surface area contributed by atoms with Crippen LogP contribution in [-0.2, 0) is 16.2 Å². The van der Waals surface area contributed by atoms with Gasteiger partial charge in [0.25, 0.3) is 0 Å². The van der Waals surface area contributed by atoms with Gasteiger partial charge in [0.05, 0.1) is 15.8 Å². The van der Waals surface area contributed by atoms with Crippen LogP contribution < -0.4 is 4.90 Å². The highest BCUT2D eigenvalue weighted by Gasteiger charge is 2.52. The van der Waals surface area contributed by atoms with Crippen molar-refractivity contribution >= 4 is 70.1 Å². The highest BCUT2D eigenvalue weighted by molar-refractivity contribution is 7.26. The van der Waals surface area contributed by atoms with Gasteiger partial charge in [0, 0.05) is 26.8 Å². The lowest BCUT2D eigenvalue weighted by molar-refractivity contribution is 0.586. The zero-order chi connectivity index (χ0) is 45.4. The maximum Gasteiger partial charge on any atom is 0.0726 e. The molecule has 11 aromatic rings. The summed E-state index contributed by atoms with van der Waals surface area (Å²) in [6.45, 7) is 14.1. The average molecular weight is 878 g/mol. The van der Waals surface area contributed by atoms with Crippen LogP contribution in [-0.4, -0.2) is 0 Å². The van der Waals surface area contributed by atoms with Gasteiger partial charge in [0.1, 0.15) is 0 Å². The summed E-state index contributed by atoms with van der Waals surface area (Å²) >= 11 is 1.90. The third-order valence-electron chi connectivity index (χ3n) is 15.0. The molecule has 0 aliphatic heterocycles. The Balaban J connectivity index is 1.11. The smallest absolute Gasteiger partial charge is 0.0726 e. The van der Waals surface area contributed by atoms with Gasteiger partial charge in [-0.3, -0.25) is 0 Å². The number of thiophene rings is 1. The molecule has 1 nitrogen and oxygen atoms in total. The van der Waals surface area contributed by atoms with Crippen molar-refractivity contribution in [1.82, 2.24) is 0 Å². The highest BCUT2D eigenvalue weighted by atomic mass is 32.1. The van der Waals surface area contributed by atoms with Crippen molar-refractivity contribution < 1.29 is 0 Å². The lowest BCUT2D eigenvalue weighted by Crippen LogP contribution is -2.27. The quantitative estimate of drug-likeness (QED) is 0.170. The normalized spacial score (nSPS) is 13.6. The van der Waals surface area contributed by atoms with Gasteiger partial charge in [-0.25, -0.2) is 0 Å². The fourth-order valence-corrected chi connectivity index (χ4v) is 12.9. The van der Waals surface area contributed by atoms with Crippen molar-refractivity contribution in [2.75, 3.05) is 4.90 Å². The van der Waals surface area contributed by atoms with Gasteiger partial charge in [-0.05, 0) is 136 Å². The molecule has 2 heteroatoms. The number of fused-ring (bicyclic) bond motifs is 16. The Morgan fingerprint density at radius 1 is 0.388 bits per heavy atom. The number of hydrogen-bond donors (Lipinski definition) is 0. The van der Waals surface area contributed by atoms with E-state index in [4.69, 9.17) is 0 Å². The molecule has 13 rings (SSSR count). The Bertz CT molecular complexity index is 3760. The van der Waals surface area contributed by atoms with E-state index < -0.39 is 5.41 Å². The van der Waals surface area contributed by atoms with Gasteiger partial charge in [0.15, 0.2) is 0 Å². The molecule has 0 amide bonds. The molecule has 1 heterocycles. The molecule has 0 unspecified atom stereocenters.